The number of ether oxygens (including phenoxy) is 3. The van der Waals surface area contributed by atoms with Crippen molar-refractivity contribution >= 4 is 5.91 Å². The lowest BCUT2D eigenvalue weighted by molar-refractivity contribution is -0.119. The molecule has 0 bridgehead atoms. The molecule has 2 aliphatic heterocycles. The number of hydrogen-bond donors (Lipinski definition) is 1. The van der Waals surface area contributed by atoms with Gasteiger partial charge < -0.3 is 29.3 Å². The molecular formula is C14H18FN3O4. The summed E-state index contributed by atoms with van der Waals surface area (Å²) in [6.45, 7) is 10.6. The van der Waals surface area contributed by atoms with Crippen LogP contribution in [-0.2, 0) is 19.0 Å². The molecule has 0 saturated carbocycles. The van der Waals surface area contributed by atoms with Gasteiger partial charge in [0.05, 0.1) is 6.61 Å². The molecule has 1 amide bonds. The van der Waals surface area contributed by atoms with E-state index in [0.717, 1.165) is 0 Å². The normalized spacial score (nSPS) is 31.7. The van der Waals surface area contributed by atoms with E-state index in [4.69, 9.17) is 20.8 Å². The van der Waals surface area contributed by atoms with Gasteiger partial charge in [-0.1, -0.05) is 6.58 Å². The Hall–Kier alpha value is -1.95. The Morgan fingerprint density at radius 1 is 1.59 bits per heavy atom. The van der Waals surface area contributed by atoms with Gasteiger partial charge in [-0.15, -0.1) is 0 Å². The van der Waals surface area contributed by atoms with Gasteiger partial charge in [0.1, 0.15) is 23.6 Å². The lowest BCUT2D eigenvalue weighted by atomic mass is 10.1. The van der Waals surface area contributed by atoms with Gasteiger partial charge in [0, 0.05) is 20.4 Å². The van der Waals surface area contributed by atoms with Crippen molar-refractivity contribution in [1.29, 1.82) is 0 Å². The highest BCUT2D eigenvalue weighted by Gasteiger charge is 2.49. The Morgan fingerprint density at radius 2 is 2.32 bits per heavy atom. The van der Waals surface area contributed by atoms with E-state index in [9.17, 15) is 9.18 Å². The molecular weight excluding hydrogens is 293 g/mol. The minimum Gasteiger partial charge on any atom is -0.382 e. The third-order valence-corrected chi connectivity index (χ3v) is 3.55. The van der Waals surface area contributed by atoms with Gasteiger partial charge in [-0.05, 0) is 0 Å². The highest BCUT2D eigenvalue weighted by atomic mass is 19.1. The Morgan fingerprint density at radius 3 is 2.91 bits per heavy atom. The van der Waals surface area contributed by atoms with Crippen LogP contribution in [0.2, 0.25) is 0 Å². The van der Waals surface area contributed by atoms with Crippen LogP contribution in [0.15, 0.2) is 24.2 Å². The molecule has 2 rings (SSSR count). The van der Waals surface area contributed by atoms with Crippen LogP contribution < -0.4 is 5.32 Å². The van der Waals surface area contributed by atoms with E-state index >= 15 is 0 Å². The van der Waals surface area contributed by atoms with Crippen LogP contribution in [0.3, 0.4) is 0 Å². The molecule has 22 heavy (non-hydrogen) atoms. The summed E-state index contributed by atoms with van der Waals surface area (Å²) >= 11 is 0. The predicted molar refractivity (Wildman–Crippen MR) is 74.9 cm³/mol. The van der Waals surface area contributed by atoms with Crippen molar-refractivity contribution in [3.05, 3.63) is 35.6 Å². The largest absolute Gasteiger partial charge is 0.382 e. The van der Waals surface area contributed by atoms with Crippen LogP contribution in [0.1, 0.15) is 0 Å². The number of alkyl halides is 1. The van der Waals surface area contributed by atoms with Crippen LogP contribution in [0, 0.1) is 6.57 Å². The second-order valence-electron chi connectivity index (χ2n) is 4.94. The highest BCUT2D eigenvalue weighted by Crippen LogP contribution is 2.31. The first-order chi connectivity index (χ1) is 10.5. The van der Waals surface area contributed by atoms with Gasteiger partial charge in [0.2, 0.25) is 6.54 Å². The van der Waals surface area contributed by atoms with E-state index in [1.807, 2.05) is 0 Å². The summed E-state index contributed by atoms with van der Waals surface area (Å²) in [5, 5.41) is 2.50. The maximum atomic E-state index is 14.6. The fourth-order valence-electron chi connectivity index (χ4n) is 2.50. The number of rotatable bonds is 5. The number of carbonyl (C=O) groups excluding carboxylic acids is 1. The summed E-state index contributed by atoms with van der Waals surface area (Å²) in [7, 11) is 2.89. The number of hydrogen-bond acceptors (Lipinski definition) is 5. The van der Waals surface area contributed by atoms with E-state index in [0.29, 0.717) is 0 Å². The minimum atomic E-state index is -1.46. The molecule has 0 aromatic heterocycles. The summed E-state index contributed by atoms with van der Waals surface area (Å²) < 4.78 is 30.4. The predicted octanol–water partition coefficient (Wildman–Crippen LogP) is 0.417. The molecule has 8 heteroatoms. The van der Waals surface area contributed by atoms with Crippen molar-refractivity contribution in [2.75, 3.05) is 27.4 Å². The zero-order chi connectivity index (χ0) is 16.3. The first-order valence-electron chi connectivity index (χ1n) is 6.67. The first-order valence-corrected chi connectivity index (χ1v) is 6.67. The average molecular weight is 311 g/mol. The smallest absolute Gasteiger partial charge is 0.261 e. The second kappa shape index (κ2) is 6.87. The van der Waals surface area contributed by atoms with Gasteiger partial charge in [-0.25, -0.2) is 11.0 Å². The lowest BCUT2D eigenvalue weighted by Gasteiger charge is -2.33. The van der Waals surface area contributed by atoms with Gasteiger partial charge in [0.25, 0.3) is 5.91 Å². The summed E-state index contributed by atoms with van der Waals surface area (Å²) in [5.41, 5.74) is 0.224. The minimum absolute atomic E-state index is 0.103. The van der Waals surface area contributed by atoms with Gasteiger partial charge in [-0.2, -0.15) is 0 Å². The van der Waals surface area contributed by atoms with E-state index in [1.54, 1.807) is 0 Å². The van der Waals surface area contributed by atoms with Crippen molar-refractivity contribution in [2.24, 2.45) is 0 Å². The Labute approximate surface area is 128 Å². The number of nitrogens with one attached hydrogen (secondary N) is 1. The number of halogens is 1. The van der Waals surface area contributed by atoms with Crippen molar-refractivity contribution < 1.29 is 23.4 Å². The second-order valence-corrected chi connectivity index (χ2v) is 4.94. The number of amides is 1. The molecule has 0 aliphatic carbocycles. The number of nitrogens with zero attached hydrogens (tertiary/aromatic N) is 2. The van der Waals surface area contributed by atoms with Crippen molar-refractivity contribution in [1.82, 2.24) is 10.2 Å². The highest BCUT2D eigenvalue weighted by molar-refractivity contribution is 5.96. The fraction of sp³-hybridized carbons (Fsp3) is 0.571. The van der Waals surface area contributed by atoms with Gasteiger partial charge >= 0.3 is 0 Å². The summed E-state index contributed by atoms with van der Waals surface area (Å²) in [6, 6.07) is 0. The molecule has 7 nitrogen and oxygen atoms in total. The molecule has 0 spiro atoms. The molecule has 0 aromatic rings. The maximum absolute atomic E-state index is 14.6. The molecule has 120 valence electrons. The van der Waals surface area contributed by atoms with E-state index < -0.39 is 30.5 Å². The van der Waals surface area contributed by atoms with E-state index in [2.05, 4.69) is 16.7 Å². The topological polar surface area (TPSA) is 64.4 Å². The van der Waals surface area contributed by atoms with Crippen LogP contribution in [0.25, 0.3) is 4.85 Å². The van der Waals surface area contributed by atoms with Gasteiger partial charge in [0.15, 0.2) is 12.4 Å². The number of methoxy groups -OCH3 is 2. The van der Waals surface area contributed by atoms with Crippen LogP contribution in [-0.4, -0.2) is 62.8 Å². The summed E-state index contributed by atoms with van der Waals surface area (Å²) in [6.07, 6.45) is -2.41. The molecule has 1 unspecified atom stereocenters. The van der Waals surface area contributed by atoms with Crippen LogP contribution >= 0.6 is 0 Å². The average Bonchev–Trinajstić information content (AvgIpc) is 2.78. The lowest BCUT2D eigenvalue weighted by Crippen LogP contribution is -2.47. The fourth-order valence-corrected chi connectivity index (χ4v) is 2.50. The monoisotopic (exact) mass is 311 g/mol. The molecule has 1 fully saturated rings. The SMILES string of the molecule is [C-]#[N+]CC1=CN([C@@H]2O[C@H](COC)[C@@H](OC)C2F)C(=C)NC1=O. The van der Waals surface area contributed by atoms with Crippen LogP contribution in [0.5, 0.6) is 0 Å². The van der Waals surface area contributed by atoms with E-state index in [1.165, 1.54) is 25.3 Å². The molecule has 0 aromatic carbocycles. The summed E-state index contributed by atoms with van der Waals surface area (Å²) in [4.78, 5) is 16.3. The quantitative estimate of drug-likeness (QED) is 0.746. The standard InChI is InChI=1S/C14H18FN3O4/c1-8-17-13(19)9(5-16-2)6-18(8)14-11(15)12(21-4)10(22-14)7-20-3/h6,10-12,14H,1,5,7H2,3-4H3,(H,17,19)/t10-,11?,12-,14-/m1/s1. The van der Waals surface area contributed by atoms with Crippen molar-refractivity contribution in [2.45, 2.75) is 24.6 Å². The van der Waals surface area contributed by atoms with E-state index in [-0.39, 0.29) is 24.5 Å². The molecule has 4 atom stereocenters. The van der Waals surface area contributed by atoms with Crippen LogP contribution in [0.4, 0.5) is 4.39 Å². The Kier molecular flexibility index (Phi) is 5.13. The molecule has 2 heterocycles. The van der Waals surface area contributed by atoms with Gasteiger partial charge in [-0.3, -0.25) is 4.79 Å². The molecule has 1 N–H and O–H groups in total. The Bertz CT molecular complexity index is 531. The number of carbonyl (C=O) groups is 1. The molecule has 0 radical (unpaired) electrons. The van der Waals surface area contributed by atoms with Crippen molar-refractivity contribution in [3.8, 4) is 0 Å². The molecule has 1 saturated heterocycles. The zero-order valence-corrected chi connectivity index (χ0v) is 12.4. The Balaban J connectivity index is 2.24. The maximum Gasteiger partial charge on any atom is 0.261 e. The zero-order valence-electron chi connectivity index (χ0n) is 12.4. The summed E-state index contributed by atoms with van der Waals surface area (Å²) in [5.74, 6) is -0.221. The first kappa shape index (κ1) is 16.4. The molecule has 2 aliphatic rings. The van der Waals surface area contributed by atoms with Crippen molar-refractivity contribution in [3.63, 3.8) is 0 Å². The third-order valence-electron chi connectivity index (χ3n) is 3.55. The third kappa shape index (κ3) is 2.97.